The van der Waals surface area contributed by atoms with Crippen molar-refractivity contribution >= 4 is 33.3 Å². The van der Waals surface area contributed by atoms with Gasteiger partial charge in [0, 0.05) is 20.2 Å². The van der Waals surface area contributed by atoms with Crippen LogP contribution in [-0.2, 0) is 4.74 Å². The Morgan fingerprint density at radius 2 is 2.19 bits per heavy atom. The Balaban J connectivity index is 1.72. The van der Waals surface area contributed by atoms with E-state index < -0.39 is 0 Å². The third-order valence-electron chi connectivity index (χ3n) is 4.65. The number of hydrogen-bond acceptors (Lipinski definition) is 6. The molecule has 26 heavy (non-hydrogen) atoms. The average molecular weight is 375 g/mol. The summed E-state index contributed by atoms with van der Waals surface area (Å²) in [6.07, 6.45) is 10.0. The van der Waals surface area contributed by atoms with Crippen LogP contribution in [0.3, 0.4) is 0 Å². The summed E-state index contributed by atoms with van der Waals surface area (Å²) < 4.78 is 4.98. The Kier molecular flexibility index (Phi) is 6.57. The summed E-state index contributed by atoms with van der Waals surface area (Å²) >= 11 is 1.41. The van der Waals surface area contributed by atoms with E-state index in [2.05, 4.69) is 26.7 Å². The number of carbonyl (C=O) groups is 1. The molecule has 2 heterocycles. The maximum atomic E-state index is 12.4. The predicted octanol–water partition coefficient (Wildman–Crippen LogP) is 3.68. The molecule has 0 unspecified atom stereocenters. The van der Waals surface area contributed by atoms with Gasteiger partial charge < -0.3 is 15.4 Å². The maximum Gasteiger partial charge on any atom is 0.261 e. The average Bonchev–Trinajstić information content (AvgIpc) is 3.00. The van der Waals surface area contributed by atoms with Crippen LogP contribution in [0.1, 0.15) is 47.3 Å². The number of allylic oxidation sites excluding steroid dienone is 1. The van der Waals surface area contributed by atoms with Gasteiger partial charge >= 0.3 is 0 Å². The predicted molar refractivity (Wildman–Crippen MR) is 106 cm³/mol. The smallest absolute Gasteiger partial charge is 0.261 e. The van der Waals surface area contributed by atoms with Crippen LogP contribution in [0.5, 0.6) is 0 Å². The fraction of sp³-hybridized carbons (Fsp3) is 0.526. The highest BCUT2D eigenvalue weighted by Crippen LogP contribution is 2.33. The highest BCUT2D eigenvalue weighted by atomic mass is 32.1. The quantitative estimate of drug-likeness (QED) is 0.544. The summed E-state index contributed by atoms with van der Waals surface area (Å²) in [5.74, 6) is 0.733. The molecule has 0 saturated heterocycles. The van der Waals surface area contributed by atoms with Crippen molar-refractivity contribution in [2.75, 3.05) is 32.1 Å². The second-order valence-corrected chi connectivity index (χ2v) is 7.49. The molecule has 0 bridgehead atoms. The molecule has 2 N–H and O–H groups in total. The monoisotopic (exact) mass is 374 g/mol. The molecule has 0 aromatic carbocycles. The highest BCUT2D eigenvalue weighted by Gasteiger charge is 2.19. The summed E-state index contributed by atoms with van der Waals surface area (Å²) in [4.78, 5) is 22.7. The van der Waals surface area contributed by atoms with Crippen LogP contribution in [0.4, 0.5) is 5.82 Å². The van der Waals surface area contributed by atoms with Gasteiger partial charge in [0.25, 0.3) is 5.91 Å². The Morgan fingerprint density at radius 1 is 1.31 bits per heavy atom. The lowest BCUT2D eigenvalue weighted by molar-refractivity contribution is 0.0940. The van der Waals surface area contributed by atoms with Gasteiger partial charge in [-0.2, -0.15) is 0 Å². The molecule has 0 saturated carbocycles. The minimum Gasteiger partial charge on any atom is -0.383 e. The molecule has 1 aliphatic carbocycles. The third kappa shape index (κ3) is 4.40. The van der Waals surface area contributed by atoms with Gasteiger partial charge in [0.1, 0.15) is 17.0 Å². The number of amides is 1. The van der Waals surface area contributed by atoms with Crippen LogP contribution < -0.4 is 10.6 Å². The lowest BCUT2D eigenvalue weighted by Crippen LogP contribution is -2.26. The summed E-state index contributed by atoms with van der Waals surface area (Å²) in [5, 5.41) is 7.27. The van der Waals surface area contributed by atoms with Crippen molar-refractivity contribution in [3.63, 3.8) is 0 Å². The number of fused-ring (bicyclic) bond motifs is 1. The van der Waals surface area contributed by atoms with E-state index in [0.717, 1.165) is 34.6 Å². The molecular formula is C19H26N4O2S. The normalized spacial score (nSPS) is 14.3. The summed E-state index contributed by atoms with van der Waals surface area (Å²) in [7, 11) is 1.62. The Morgan fingerprint density at radius 3 is 2.96 bits per heavy atom. The number of nitrogens with zero attached hydrogens (tertiary/aromatic N) is 2. The molecule has 3 rings (SSSR count). The zero-order chi connectivity index (χ0) is 18.4. The zero-order valence-electron chi connectivity index (χ0n) is 15.4. The number of anilines is 1. The molecule has 1 amide bonds. The number of nitrogens with one attached hydrogen (secondary N) is 2. The van der Waals surface area contributed by atoms with E-state index in [4.69, 9.17) is 4.74 Å². The molecule has 0 atom stereocenters. The number of thiophene rings is 1. The lowest BCUT2D eigenvalue weighted by atomic mass is 9.97. The van der Waals surface area contributed by atoms with Gasteiger partial charge in [-0.05, 0) is 44.6 Å². The molecule has 0 fully saturated rings. The molecule has 6 nitrogen and oxygen atoms in total. The molecule has 0 radical (unpaired) electrons. The zero-order valence-corrected chi connectivity index (χ0v) is 16.2. The van der Waals surface area contributed by atoms with Gasteiger partial charge in [-0.1, -0.05) is 11.6 Å². The van der Waals surface area contributed by atoms with Crippen LogP contribution >= 0.6 is 11.3 Å². The first kappa shape index (κ1) is 18.8. The number of rotatable bonds is 8. The summed E-state index contributed by atoms with van der Waals surface area (Å²) in [6, 6.07) is 0. The topological polar surface area (TPSA) is 76.1 Å². The first-order valence-electron chi connectivity index (χ1n) is 9.13. The molecule has 2 aromatic rings. The van der Waals surface area contributed by atoms with Gasteiger partial charge in [-0.25, -0.2) is 9.97 Å². The van der Waals surface area contributed by atoms with Crippen molar-refractivity contribution in [2.45, 2.75) is 39.0 Å². The van der Waals surface area contributed by atoms with E-state index in [1.807, 2.05) is 6.92 Å². The number of aryl methyl sites for hydroxylation is 1. The minimum atomic E-state index is -0.0825. The number of ether oxygens (including phenoxy) is 1. The van der Waals surface area contributed by atoms with Gasteiger partial charge in [-0.3, -0.25) is 4.79 Å². The highest BCUT2D eigenvalue weighted by molar-refractivity contribution is 7.20. The van der Waals surface area contributed by atoms with Gasteiger partial charge in [0.15, 0.2) is 0 Å². The minimum absolute atomic E-state index is 0.0825. The second-order valence-electron chi connectivity index (χ2n) is 6.49. The molecule has 0 aliphatic heterocycles. The van der Waals surface area contributed by atoms with E-state index in [9.17, 15) is 4.79 Å². The molecule has 7 heteroatoms. The van der Waals surface area contributed by atoms with Crippen molar-refractivity contribution < 1.29 is 9.53 Å². The molecule has 2 aromatic heterocycles. The SMILES string of the molecule is COCCNC(=O)c1sc2ncnc(NCCC3=CCCCC3)c2c1C. The van der Waals surface area contributed by atoms with Crippen LogP contribution in [0.2, 0.25) is 0 Å². The van der Waals surface area contributed by atoms with E-state index in [1.54, 1.807) is 13.4 Å². The van der Waals surface area contributed by atoms with Crippen molar-refractivity contribution in [1.29, 1.82) is 0 Å². The molecule has 0 spiro atoms. The Labute approximate surface area is 158 Å². The van der Waals surface area contributed by atoms with Crippen molar-refractivity contribution in [2.24, 2.45) is 0 Å². The largest absolute Gasteiger partial charge is 0.383 e. The van der Waals surface area contributed by atoms with Crippen molar-refractivity contribution in [3.05, 3.63) is 28.4 Å². The number of aromatic nitrogens is 2. The van der Waals surface area contributed by atoms with Crippen molar-refractivity contribution in [3.8, 4) is 0 Å². The fourth-order valence-electron chi connectivity index (χ4n) is 3.24. The second kappa shape index (κ2) is 9.09. The van der Waals surface area contributed by atoms with Gasteiger partial charge in [0.2, 0.25) is 0 Å². The number of carbonyl (C=O) groups excluding carboxylic acids is 1. The molecule has 1 aliphatic rings. The Hall–Kier alpha value is -1.99. The van der Waals surface area contributed by atoms with Crippen LogP contribution in [-0.4, -0.2) is 42.7 Å². The lowest BCUT2D eigenvalue weighted by Gasteiger charge is -2.13. The van der Waals surface area contributed by atoms with E-state index >= 15 is 0 Å². The first-order valence-corrected chi connectivity index (χ1v) is 9.95. The van der Waals surface area contributed by atoms with Crippen LogP contribution in [0.15, 0.2) is 18.0 Å². The maximum absolute atomic E-state index is 12.4. The van der Waals surface area contributed by atoms with E-state index in [1.165, 1.54) is 42.6 Å². The van der Waals surface area contributed by atoms with E-state index in [-0.39, 0.29) is 5.91 Å². The van der Waals surface area contributed by atoms with Gasteiger partial charge in [0.05, 0.1) is 16.9 Å². The summed E-state index contributed by atoms with van der Waals surface area (Å²) in [6.45, 7) is 3.80. The fourth-order valence-corrected chi connectivity index (χ4v) is 4.31. The van der Waals surface area contributed by atoms with E-state index in [0.29, 0.717) is 18.0 Å². The third-order valence-corrected chi connectivity index (χ3v) is 5.85. The van der Waals surface area contributed by atoms with Crippen molar-refractivity contribution in [1.82, 2.24) is 15.3 Å². The standard InChI is InChI=1S/C19H26N4O2S/c1-13-15-17(20-9-8-14-6-4-3-5-7-14)22-12-23-19(15)26-16(13)18(24)21-10-11-25-2/h6,12H,3-5,7-11H2,1-2H3,(H,21,24)(H,20,22,23). The number of methoxy groups -OCH3 is 1. The molecular weight excluding hydrogens is 348 g/mol. The first-order chi connectivity index (χ1) is 12.7. The van der Waals surface area contributed by atoms with Crippen LogP contribution in [0.25, 0.3) is 10.2 Å². The summed E-state index contributed by atoms with van der Waals surface area (Å²) in [5.41, 5.74) is 2.47. The number of hydrogen-bond donors (Lipinski definition) is 2. The Bertz CT molecular complexity index is 800. The van der Waals surface area contributed by atoms with Crippen LogP contribution in [0, 0.1) is 6.92 Å². The molecule has 140 valence electrons. The van der Waals surface area contributed by atoms with Gasteiger partial charge in [-0.15, -0.1) is 11.3 Å².